The van der Waals surface area contributed by atoms with Crippen LogP contribution in [0.1, 0.15) is 36.5 Å². The Kier molecular flexibility index (Phi) is 6.14. The third-order valence-corrected chi connectivity index (χ3v) is 6.48. The average molecular weight is 401 g/mol. The molecule has 7 heteroatoms. The van der Waals surface area contributed by atoms with E-state index in [0.717, 1.165) is 30.4 Å². The van der Waals surface area contributed by atoms with Crippen molar-refractivity contribution in [2.24, 2.45) is 0 Å². The lowest BCUT2D eigenvalue weighted by atomic mass is 10.1. The van der Waals surface area contributed by atoms with E-state index in [4.69, 9.17) is 0 Å². The second-order valence-corrected chi connectivity index (χ2v) is 9.12. The molecule has 2 aromatic rings. The SMILES string of the molecule is CC(=O)Nc1cccc(CNC(=O)CCS(=O)(=O)c2ccc3c(c2)CCC3)c1. The zero-order valence-corrected chi connectivity index (χ0v) is 16.6. The van der Waals surface area contributed by atoms with Gasteiger partial charge in [-0.15, -0.1) is 0 Å². The fourth-order valence-electron chi connectivity index (χ4n) is 3.34. The Labute approximate surface area is 165 Å². The van der Waals surface area contributed by atoms with Crippen molar-refractivity contribution in [1.82, 2.24) is 5.32 Å². The summed E-state index contributed by atoms with van der Waals surface area (Å²) in [4.78, 5) is 23.5. The number of carbonyl (C=O) groups is 2. The minimum absolute atomic E-state index is 0.0925. The number of fused-ring (bicyclic) bond motifs is 1. The predicted molar refractivity (Wildman–Crippen MR) is 108 cm³/mol. The van der Waals surface area contributed by atoms with Gasteiger partial charge in [-0.2, -0.15) is 0 Å². The molecule has 0 saturated carbocycles. The lowest BCUT2D eigenvalue weighted by Gasteiger charge is -2.09. The molecule has 0 aromatic heterocycles. The average Bonchev–Trinajstić information content (AvgIpc) is 3.12. The molecule has 6 nitrogen and oxygen atoms in total. The Hall–Kier alpha value is -2.67. The molecule has 0 heterocycles. The number of hydrogen-bond donors (Lipinski definition) is 2. The molecule has 0 aliphatic heterocycles. The van der Waals surface area contributed by atoms with Crippen LogP contribution in [0, 0.1) is 0 Å². The van der Waals surface area contributed by atoms with Gasteiger partial charge >= 0.3 is 0 Å². The highest BCUT2D eigenvalue weighted by Crippen LogP contribution is 2.25. The standard InChI is InChI=1S/C21H24N2O4S/c1-15(24)23-19-7-2-4-16(12-19)14-22-21(25)10-11-28(26,27)20-9-8-17-5-3-6-18(17)13-20/h2,4,7-9,12-13H,3,5-6,10-11,14H2,1H3,(H,22,25)(H,23,24). The van der Waals surface area contributed by atoms with E-state index < -0.39 is 9.84 Å². The van der Waals surface area contributed by atoms with Gasteiger partial charge in [0.25, 0.3) is 0 Å². The molecule has 1 aliphatic rings. The molecule has 1 aliphatic carbocycles. The highest BCUT2D eigenvalue weighted by molar-refractivity contribution is 7.91. The fraction of sp³-hybridized carbons (Fsp3) is 0.333. The quantitative estimate of drug-likeness (QED) is 0.747. The van der Waals surface area contributed by atoms with Crippen LogP contribution in [-0.4, -0.2) is 26.0 Å². The Morgan fingerprint density at radius 2 is 1.82 bits per heavy atom. The molecule has 0 atom stereocenters. The van der Waals surface area contributed by atoms with E-state index in [1.54, 1.807) is 30.3 Å². The summed E-state index contributed by atoms with van der Waals surface area (Å²) in [5, 5.41) is 5.41. The van der Waals surface area contributed by atoms with Gasteiger partial charge in [0, 0.05) is 25.6 Å². The van der Waals surface area contributed by atoms with Crippen LogP contribution in [0.3, 0.4) is 0 Å². The first-order valence-corrected chi connectivity index (χ1v) is 11.0. The van der Waals surface area contributed by atoms with Crippen molar-refractivity contribution in [3.8, 4) is 0 Å². The van der Waals surface area contributed by atoms with E-state index in [9.17, 15) is 18.0 Å². The van der Waals surface area contributed by atoms with Gasteiger partial charge in [-0.1, -0.05) is 18.2 Å². The van der Waals surface area contributed by atoms with Crippen molar-refractivity contribution in [3.63, 3.8) is 0 Å². The molecule has 28 heavy (non-hydrogen) atoms. The summed E-state index contributed by atoms with van der Waals surface area (Å²) in [5.41, 5.74) is 3.79. The van der Waals surface area contributed by atoms with Crippen LogP contribution >= 0.6 is 0 Å². The first-order valence-electron chi connectivity index (χ1n) is 9.31. The molecular formula is C21H24N2O4S. The van der Waals surface area contributed by atoms with Crippen LogP contribution in [0.5, 0.6) is 0 Å². The number of hydrogen-bond acceptors (Lipinski definition) is 4. The lowest BCUT2D eigenvalue weighted by Crippen LogP contribution is -2.25. The molecule has 2 N–H and O–H groups in total. The predicted octanol–water partition coefficient (Wildman–Crippen LogP) is 2.61. The van der Waals surface area contributed by atoms with E-state index in [2.05, 4.69) is 10.6 Å². The van der Waals surface area contributed by atoms with Gasteiger partial charge in [0.15, 0.2) is 9.84 Å². The number of benzene rings is 2. The van der Waals surface area contributed by atoms with Gasteiger partial charge in [0.05, 0.1) is 10.6 Å². The zero-order chi connectivity index (χ0) is 20.1. The molecule has 3 rings (SSSR count). The van der Waals surface area contributed by atoms with E-state index >= 15 is 0 Å². The lowest BCUT2D eigenvalue weighted by molar-refractivity contribution is -0.120. The van der Waals surface area contributed by atoms with Crippen LogP contribution in [0.25, 0.3) is 0 Å². The molecule has 2 aromatic carbocycles. The minimum Gasteiger partial charge on any atom is -0.352 e. The van der Waals surface area contributed by atoms with Crippen molar-refractivity contribution >= 4 is 27.3 Å². The molecule has 0 saturated heterocycles. The summed E-state index contributed by atoms with van der Waals surface area (Å²) >= 11 is 0. The molecule has 148 valence electrons. The largest absolute Gasteiger partial charge is 0.352 e. The maximum Gasteiger partial charge on any atom is 0.221 e. The second kappa shape index (κ2) is 8.56. The summed E-state index contributed by atoms with van der Waals surface area (Å²) in [6.45, 7) is 1.70. The van der Waals surface area contributed by atoms with Gasteiger partial charge in [-0.25, -0.2) is 8.42 Å². The maximum atomic E-state index is 12.5. The number of anilines is 1. The van der Waals surface area contributed by atoms with Crippen molar-refractivity contribution < 1.29 is 18.0 Å². The summed E-state index contributed by atoms with van der Waals surface area (Å²) in [6, 6.07) is 12.4. The van der Waals surface area contributed by atoms with E-state index in [0.29, 0.717) is 10.6 Å². The normalized spacial score (nSPS) is 13.0. The Bertz CT molecular complexity index is 999. The van der Waals surface area contributed by atoms with Crippen LogP contribution in [0.2, 0.25) is 0 Å². The van der Waals surface area contributed by atoms with Gasteiger partial charge in [0.2, 0.25) is 11.8 Å². The first-order chi connectivity index (χ1) is 13.3. The zero-order valence-electron chi connectivity index (χ0n) is 15.8. The highest BCUT2D eigenvalue weighted by Gasteiger charge is 2.19. The number of aryl methyl sites for hydroxylation is 2. The highest BCUT2D eigenvalue weighted by atomic mass is 32.2. The van der Waals surface area contributed by atoms with Crippen molar-refractivity contribution in [1.29, 1.82) is 0 Å². The van der Waals surface area contributed by atoms with Crippen molar-refractivity contribution in [3.05, 3.63) is 59.2 Å². The maximum absolute atomic E-state index is 12.5. The van der Waals surface area contributed by atoms with Crippen LogP contribution < -0.4 is 10.6 Å². The number of nitrogens with one attached hydrogen (secondary N) is 2. The molecular weight excluding hydrogens is 376 g/mol. The van der Waals surface area contributed by atoms with Crippen LogP contribution in [-0.2, 0) is 38.8 Å². The minimum atomic E-state index is -3.49. The van der Waals surface area contributed by atoms with E-state index in [1.165, 1.54) is 12.5 Å². The van der Waals surface area contributed by atoms with Gasteiger partial charge in [0.1, 0.15) is 0 Å². The fourth-order valence-corrected chi connectivity index (χ4v) is 4.62. The molecule has 0 spiro atoms. The van der Waals surface area contributed by atoms with E-state index in [1.807, 2.05) is 12.1 Å². The Morgan fingerprint density at radius 1 is 1.04 bits per heavy atom. The molecule has 2 amide bonds. The number of sulfone groups is 1. The summed E-state index contributed by atoms with van der Waals surface area (Å²) in [5.74, 6) is -0.712. The molecule has 0 unspecified atom stereocenters. The van der Waals surface area contributed by atoms with Gasteiger partial charge in [-0.3, -0.25) is 9.59 Å². The topological polar surface area (TPSA) is 92.3 Å². The summed E-state index contributed by atoms with van der Waals surface area (Å²) in [6.07, 6.45) is 2.88. The molecule has 0 bridgehead atoms. The third-order valence-electron chi connectivity index (χ3n) is 4.76. The number of amides is 2. The third kappa shape index (κ3) is 5.19. The van der Waals surface area contributed by atoms with E-state index in [-0.39, 0.29) is 30.5 Å². The second-order valence-electron chi connectivity index (χ2n) is 7.01. The summed E-state index contributed by atoms with van der Waals surface area (Å²) < 4.78 is 25.1. The first kappa shape index (κ1) is 20.1. The smallest absolute Gasteiger partial charge is 0.221 e. The van der Waals surface area contributed by atoms with Gasteiger partial charge in [-0.05, 0) is 60.2 Å². The number of rotatable bonds is 7. The van der Waals surface area contributed by atoms with Crippen LogP contribution in [0.4, 0.5) is 5.69 Å². The Balaban J connectivity index is 1.53. The monoisotopic (exact) mass is 400 g/mol. The van der Waals surface area contributed by atoms with Crippen molar-refractivity contribution in [2.45, 2.75) is 44.0 Å². The summed E-state index contributed by atoms with van der Waals surface area (Å²) in [7, 11) is -3.49. The molecule has 0 fully saturated rings. The number of carbonyl (C=O) groups excluding carboxylic acids is 2. The van der Waals surface area contributed by atoms with Crippen molar-refractivity contribution in [2.75, 3.05) is 11.1 Å². The van der Waals surface area contributed by atoms with Crippen LogP contribution in [0.15, 0.2) is 47.4 Å². The van der Waals surface area contributed by atoms with Gasteiger partial charge < -0.3 is 10.6 Å². The Morgan fingerprint density at radius 3 is 2.61 bits per heavy atom. The molecule has 0 radical (unpaired) electrons.